The van der Waals surface area contributed by atoms with Gasteiger partial charge >= 0.3 is 5.97 Å². The van der Waals surface area contributed by atoms with Crippen molar-refractivity contribution in [1.82, 2.24) is 15.8 Å². The highest BCUT2D eigenvalue weighted by Crippen LogP contribution is 2.20. The molecule has 8 nitrogen and oxygen atoms in total. The van der Waals surface area contributed by atoms with Crippen LogP contribution in [-0.4, -0.2) is 36.0 Å². The van der Waals surface area contributed by atoms with E-state index in [0.29, 0.717) is 16.5 Å². The van der Waals surface area contributed by atoms with Crippen LogP contribution in [0.2, 0.25) is 10.0 Å². The molecule has 0 aliphatic heterocycles. The summed E-state index contributed by atoms with van der Waals surface area (Å²) in [6.45, 7) is 0.984. The van der Waals surface area contributed by atoms with E-state index in [0.717, 1.165) is 0 Å². The van der Waals surface area contributed by atoms with Crippen molar-refractivity contribution in [2.75, 3.05) is 13.1 Å². The number of nitrogens with zero attached hydrogens (tertiary/aromatic N) is 1. The second-order valence-electron chi connectivity index (χ2n) is 5.18. The van der Waals surface area contributed by atoms with Crippen LogP contribution in [0.1, 0.15) is 21.8 Å². The Morgan fingerprint density at radius 2 is 1.92 bits per heavy atom. The third-order valence-electron chi connectivity index (χ3n) is 3.07. The Balaban J connectivity index is 1.69. The number of hydrogen-bond acceptors (Lipinski definition) is 6. The number of amides is 2. The molecule has 0 spiro atoms. The Morgan fingerprint density at radius 1 is 1.15 bits per heavy atom. The van der Waals surface area contributed by atoms with Crippen LogP contribution in [0.15, 0.2) is 28.8 Å². The molecule has 0 aliphatic rings. The van der Waals surface area contributed by atoms with Gasteiger partial charge in [0.15, 0.2) is 12.4 Å². The van der Waals surface area contributed by atoms with Crippen LogP contribution in [0.5, 0.6) is 0 Å². The summed E-state index contributed by atoms with van der Waals surface area (Å²) < 4.78 is 9.79. The summed E-state index contributed by atoms with van der Waals surface area (Å²) >= 11 is 11.7. The number of aryl methyl sites for hydroxylation is 1. The third kappa shape index (κ3) is 6.05. The van der Waals surface area contributed by atoms with Crippen molar-refractivity contribution in [1.29, 1.82) is 0 Å². The van der Waals surface area contributed by atoms with Crippen molar-refractivity contribution in [3.8, 4) is 0 Å². The summed E-state index contributed by atoms with van der Waals surface area (Å²) in [4.78, 5) is 35.2. The van der Waals surface area contributed by atoms with E-state index in [9.17, 15) is 14.4 Å². The molecule has 2 rings (SSSR count). The average molecular weight is 400 g/mol. The minimum absolute atomic E-state index is 0.0820. The predicted molar refractivity (Wildman–Crippen MR) is 92.8 cm³/mol. The van der Waals surface area contributed by atoms with Crippen LogP contribution in [0.3, 0.4) is 0 Å². The minimum atomic E-state index is -0.653. The zero-order valence-corrected chi connectivity index (χ0v) is 15.2. The maximum atomic E-state index is 12.0. The summed E-state index contributed by atoms with van der Waals surface area (Å²) in [5, 5.41) is 8.93. The van der Waals surface area contributed by atoms with Crippen LogP contribution in [0, 0.1) is 6.92 Å². The first-order valence-electron chi connectivity index (χ1n) is 7.43. The van der Waals surface area contributed by atoms with E-state index in [1.807, 2.05) is 0 Å². The first-order valence-corrected chi connectivity index (χ1v) is 8.18. The first-order chi connectivity index (χ1) is 12.3. The molecule has 2 N–H and O–H groups in total. The van der Waals surface area contributed by atoms with Crippen LogP contribution in [0.4, 0.5) is 0 Å². The van der Waals surface area contributed by atoms with E-state index in [2.05, 4.69) is 15.8 Å². The van der Waals surface area contributed by atoms with Crippen molar-refractivity contribution < 1.29 is 23.6 Å². The number of halogens is 2. The van der Waals surface area contributed by atoms with Gasteiger partial charge in [0.1, 0.15) is 6.54 Å². The standard InChI is InChI=1S/C16H15Cl2N3O5/c1-9-4-11(26-21-9)8-25-15(23)7-19-14(22)6-20-16(24)12-3-2-10(17)5-13(12)18/h2-5H,6-8H2,1H3,(H,19,22)(H,20,24). The Bertz CT molecular complexity index is 822. The number of esters is 1. The number of hydrogen-bond donors (Lipinski definition) is 2. The fraction of sp³-hybridized carbons (Fsp3) is 0.250. The first kappa shape index (κ1) is 19.7. The normalized spacial score (nSPS) is 10.3. The van der Waals surface area contributed by atoms with Crippen LogP contribution >= 0.6 is 23.2 Å². The molecule has 0 radical (unpaired) electrons. The van der Waals surface area contributed by atoms with Gasteiger partial charge in [0, 0.05) is 11.1 Å². The Hall–Kier alpha value is -2.58. The molecule has 1 aromatic heterocycles. The van der Waals surface area contributed by atoms with Crippen molar-refractivity contribution in [2.24, 2.45) is 0 Å². The maximum absolute atomic E-state index is 12.0. The van der Waals surface area contributed by atoms with Gasteiger partial charge in [-0.15, -0.1) is 0 Å². The molecule has 0 saturated carbocycles. The summed E-state index contributed by atoms with van der Waals surface area (Å²) in [7, 11) is 0. The van der Waals surface area contributed by atoms with Gasteiger partial charge in [-0.25, -0.2) is 0 Å². The molecule has 1 aromatic carbocycles. The predicted octanol–water partition coefficient (Wildman–Crippen LogP) is 1.88. The quantitative estimate of drug-likeness (QED) is 0.687. The molecule has 2 aromatic rings. The number of nitrogens with one attached hydrogen (secondary N) is 2. The highest BCUT2D eigenvalue weighted by Gasteiger charge is 2.13. The molecule has 0 atom stereocenters. The number of rotatable bonds is 7. The number of aromatic nitrogens is 1. The molecule has 2 amide bonds. The van der Waals surface area contributed by atoms with Crippen LogP contribution in [-0.2, 0) is 20.9 Å². The van der Waals surface area contributed by atoms with Crippen LogP contribution in [0.25, 0.3) is 0 Å². The Labute approximate surface area is 158 Å². The van der Waals surface area contributed by atoms with Crippen molar-refractivity contribution in [2.45, 2.75) is 13.5 Å². The SMILES string of the molecule is Cc1cc(COC(=O)CNC(=O)CNC(=O)c2ccc(Cl)cc2Cl)on1. The van der Waals surface area contributed by atoms with Gasteiger partial charge in [-0.05, 0) is 25.1 Å². The smallest absolute Gasteiger partial charge is 0.325 e. The number of carbonyl (C=O) groups is 3. The minimum Gasteiger partial charge on any atom is -0.456 e. The zero-order valence-electron chi connectivity index (χ0n) is 13.7. The molecule has 26 heavy (non-hydrogen) atoms. The van der Waals surface area contributed by atoms with Gasteiger partial charge in [-0.1, -0.05) is 28.4 Å². The topological polar surface area (TPSA) is 111 Å². The number of benzene rings is 1. The van der Waals surface area contributed by atoms with E-state index >= 15 is 0 Å². The van der Waals surface area contributed by atoms with Gasteiger partial charge in [-0.2, -0.15) is 0 Å². The summed E-state index contributed by atoms with van der Waals surface area (Å²) in [5.74, 6) is -1.35. The lowest BCUT2D eigenvalue weighted by Gasteiger charge is -2.08. The molecule has 0 aliphatic carbocycles. The average Bonchev–Trinajstić information content (AvgIpc) is 3.01. The fourth-order valence-corrected chi connectivity index (χ4v) is 2.34. The second kappa shape index (κ2) is 9.21. The summed E-state index contributed by atoms with van der Waals surface area (Å²) in [5.41, 5.74) is 0.853. The van der Waals surface area contributed by atoms with E-state index < -0.39 is 17.8 Å². The second-order valence-corrected chi connectivity index (χ2v) is 6.02. The highest BCUT2D eigenvalue weighted by molar-refractivity contribution is 6.36. The molecule has 0 fully saturated rings. The number of ether oxygens (including phenoxy) is 1. The van der Waals surface area contributed by atoms with Crippen LogP contribution < -0.4 is 10.6 Å². The molecular weight excluding hydrogens is 385 g/mol. The van der Waals surface area contributed by atoms with Gasteiger partial charge in [0.2, 0.25) is 5.91 Å². The highest BCUT2D eigenvalue weighted by atomic mass is 35.5. The molecule has 0 saturated heterocycles. The van der Waals surface area contributed by atoms with E-state index in [-0.39, 0.29) is 30.3 Å². The molecule has 0 bridgehead atoms. The van der Waals surface area contributed by atoms with Gasteiger partial charge in [0.25, 0.3) is 5.91 Å². The van der Waals surface area contributed by atoms with E-state index in [1.165, 1.54) is 18.2 Å². The van der Waals surface area contributed by atoms with Crippen molar-refractivity contribution >= 4 is 41.0 Å². The summed E-state index contributed by atoms with van der Waals surface area (Å²) in [6.07, 6.45) is 0. The van der Waals surface area contributed by atoms with Crippen molar-refractivity contribution in [3.05, 3.63) is 51.3 Å². The van der Waals surface area contributed by atoms with Gasteiger partial charge in [0.05, 0.1) is 22.8 Å². The lowest BCUT2D eigenvalue weighted by atomic mass is 10.2. The lowest BCUT2D eigenvalue weighted by molar-refractivity contribution is -0.145. The summed E-state index contributed by atoms with van der Waals surface area (Å²) in [6, 6.07) is 6.00. The van der Waals surface area contributed by atoms with Crippen molar-refractivity contribution in [3.63, 3.8) is 0 Å². The van der Waals surface area contributed by atoms with Gasteiger partial charge in [-0.3, -0.25) is 14.4 Å². The lowest BCUT2D eigenvalue weighted by Crippen LogP contribution is -2.39. The molecule has 10 heteroatoms. The molecular formula is C16H15Cl2N3O5. The molecule has 1 heterocycles. The molecule has 138 valence electrons. The van der Waals surface area contributed by atoms with E-state index in [1.54, 1.807) is 13.0 Å². The zero-order chi connectivity index (χ0) is 19.1. The fourth-order valence-electron chi connectivity index (χ4n) is 1.85. The monoisotopic (exact) mass is 399 g/mol. The third-order valence-corrected chi connectivity index (χ3v) is 3.62. The maximum Gasteiger partial charge on any atom is 0.325 e. The molecule has 0 unspecified atom stereocenters. The Morgan fingerprint density at radius 3 is 2.58 bits per heavy atom. The Kier molecular flexibility index (Phi) is 6.99. The largest absolute Gasteiger partial charge is 0.456 e. The van der Waals surface area contributed by atoms with Gasteiger partial charge < -0.3 is 19.9 Å². The van der Waals surface area contributed by atoms with E-state index in [4.69, 9.17) is 32.5 Å². The number of carbonyl (C=O) groups excluding carboxylic acids is 3.